The Hall–Kier alpha value is -0.820. The molecule has 1 saturated heterocycles. The van der Waals surface area contributed by atoms with Crippen LogP contribution in [0.15, 0.2) is 24.3 Å². The summed E-state index contributed by atoms with van der Waals surface area (Å²) in [5.74, 6) is 0. The SMILES string of the molecule is CC12CCN(CCc3ccccc31)CC2. The van der Waals surface area contributed by atoms with Gasteiger partial charge in [0.15, 0.2) is 0 Å². The Morgan fingerprint density at radius 2 is 1.80 bits per heavy atom. The summed E-state index contributed by atoms with van der Waals surface area (Å²) in [4.78, 5) is 2.62. The number of hydrogen-bond donors (Lipinski definition) is 0. The summed E-state index contributed by atoms with van der Waals surface area (Å²) in [6, 6.07) is 9.07. The van der Waals surface area contributed by atoms with Crippen molar-refractivity contribution < 1.29 is 0 Å². The molecule has 2 bridgehead atoms. The molecular weight excluding hydrogens is 182 g/mol. The molecule has 0 unspecified atom stereocenters. The van der Waals surface area contributed by atoms with Crippen molar-refractivity contribution in [2.45, 2.75) is 31.6 Å². The first-order chi connectivity index (χ1) is 7.28. The molecule has 3 heterocycles. The van der Waals surface area contributed by atoms with Crippen LogP contribution < -0.4 is 0 Å². The van der Waals surface area contributed by atoms with Gasteiger partial charge in [-0.05, 0) is 48.9 Å². The summed E-state index contributed by atoms with van der Waals surface area (Å²) >= 11 is 0. The first-order valence-corrected chi connectivity index (χ1v) is 6.09. The van der Waals surface area contributed by atoms with Crippen molar-refractivity contribution in [2.24, 2.45) is 0 Å². The molecule has 0 amide bonds. The molecular formula is C14H19N. The smallest absolute Gasteiger partial charge is 0.00219 e. The Bertz CT molecular complexity index is 361. The Morgan fingerprint density at radius 1 is 1.07 bits per heavy atom. The van der Waals surface area contributed by atoms with Gasteiger partial charge in [-0.25, -0.2) is 0 Å². The van der Waals surface area contributed by atoms with Crippen molar-refractivity contribution in [1.29, 1.82) is 0 Å². The maximum absolute atomic E-state index is 2.62. The van der Waals surface area contributed by atoms with E-state index < -0.39 is 0 Å². The summed E-state index contributed by atoms with van der Waals surface area (Å²) < 4.78 is 0. The second-order valence-electron chi connectivity index (χ2n) is 5.31. The third-order valence-electron chi connectivity index (χ3n) is 4.32. The molecule has 1 fully saturated rings. The second kappa shape index (κ2) is 3.34. The fourth-order valence-electron chi connectivity index (χ4n) is 3.15. The van der Waals surface area contributed by atoms with Crippen LogP contribution in [0.1, 0.15) is 30.9 Å². The van der Waals surface area contributed by atoms with Crippen LogP contribution >= 0.6 is 0 Å². The average molecular weight is 201 g/mol. The van der Waals surface area contributed by atoms with E-state index in [0.29, 0.717) is 5.41 Å². The zero-order valence-electron chi connectivity index (χ0n) is 9.50. The first-order valence-electron chi connectivity index (χ1n) is 6.09. The predicted octanol–water partition coefficient (Wildman–Crippen LogP) is 2.60. The van der Waals surface area contributed by atoms with E-state index in [4.69, 9.17) is 0 Å². The van der Waals surface area contributed by atoms with Crippen LogP contribution in [-0.2, 0) is 11.8 Å². The standard InChI is InChI=1S/C14H19N/c1-14-7-10-15(11-8-14)9-6-12-4-2-3-5-13(12)14/h2-5H,6-11H2,1H3. The lowest BCUT2D eigenvalue weighted by atomic mass is 9.71. The molecule has 3 aliphatic heterocycles. The van der Waals surface area contributed by atoms with E-state index in [9.17, 15) is 0 Å². The van der Waals surface area contributed by atoms with Crippen LogP contribution in [0.3, 0.4) is 0 Å². The summed E-state index contributed by atoms with van der Waals surface area (Å²) in [5, 5.41) is 0. The quantitative estimate of drug-likeness (QED) is 0.623. The lowest BCUT2D eigenvalue weighted by Crippen LogP contribution is -2.44. The van der Waals surface area contributed by atoms with E-state index in [1.165, 1.54) is 38.9 Å². The van der Waals surface area contributed by atoms with Crippen LogP contribution in [0, 0.1) is 0 Å². The van der Waals surface area contributed by atoms with Crippen molar-refractivity contribution in [2.75, 3.05) is 19.6 Å². The minimum atomic E-state index is 0.452. The molecule has 0 N–H and O–H groups in total. The Morgan fingerprint density at radius 3 is 2.60 bits per heavy atom. The molecule has 1 heteroatoms. The van der Waals surface area contributed by atoms with Crippen molar-refractivity contribution in [3.8, 4) is 0 Å². The fraction of sp³-hybridized carbons (Fsp3) is 0.571. The molecule has 0 aromatic heterocycles. The van der Waals surface area contributed by atoms with Gasteiger partial charge in [-0.1, -0.05) is 31.2 Å². The van der Waals surface area contributed by atoms with E-state index in [0.717, 1.165) is 0 Å². The predicted molar refractivity (Wildman–Crippen MR) is 63.2 cm³/mol. The molecule has 1 aromatic carbocycles. The minimum absolute atomic E-state index is 0.452. The van der Waals surface area contributed by atoms with Gasteiger partial charge in [-0.3, -0.25) is 0 Å². The van der Waals surface area contributed by atoms with Gasteiger partial charge >= 0.3 is 0 Å². The highest BCUT2D eigenvalue weighted by Crippen LogP contribution is 2.38. The third kappa shape index (κ3) is 1.50. The Labute approximate surface area is 92.1 Å². The van der Waals surface area contributed by atoms with E-state index in [1.807, 2.05) is 0 Å². The highest BCUT2D eigenvalue weighted by atomic mass is 15.1. The van der Waals surface area contributed by atoms with Crippen molar-refractivity contribution >= 4 is 0 Å². The summed E-state index contributed by atoms with van der Waals surface area (Å²) in [5.41, 5.74) is 3.67. The molecule has 15 heavy (non-hydrogen) atoms. The van der Waals surface area contributed by atoms with E-state index in [1.54, 1.807) is 11.1 Å². The molecule has 0 aliphatic carbocycles. The topological polar surface area (TPSA) is 3.24 Å². The van der Waals surface area contributed by atoms with Crippen molar-refractivity contribution in [1.82, 2.24) is 4.90 Å². The zero-order chi connectivity index (χ0) is 10.3. The molecule has 4 rings (SSSR count). The number of hydrogen-bond acceptors (Lipinski definition) is 1. The largest absolute Gasteiger partial charge is 0.303 e. The van der Waals surface area contributed by atoms with Crippen LogP contribution in [0.2, 0.25) is 0 Å². The molecule has 0 saturated carbocycles. The van der Waals surface area contributed by atoms with Gasteiger partial charge in [0.05, 0.1) is 0 Å². The Balaban J connectivity index is 2.10. The molecule has 0 radical (unpaired) electrons. The third-order valence-corrected chi connectivity index (χ3v) is 4.32. The van der Waals surface area contributed by atoms with Gasteiger partial charge in [-0.15, -0.1) is 0 Å². The van der Waals surface area contributed by atoms with Crippen molar-refractivity contribution in [3.63, 3.8) is 0 Å². The highest BCUT2D eigenvalue weighted by Gasteiger charge is 2.34. The lowest BCUT2D eigenvalue weighted by Gasteiger charge is -2.43. The number of piperidine rings is 1. The molecule has 1 aromatic rings. The Kier molecular flexibility index (Phi) is 2.10. The van der Waals surface area contributed by atoms with E-state index >= 15 is 0 Å². The monoisotopic (exact) mass is 201 g/mol. The van der Waals surface area contributed by atoms with E-state index in [-0.39, 0.29) is 0 Å². The van der Waals surface area contributed by atoms with Crippen LogP contribution in [0.4, 0.5) is 0 Å². The van der Waals surface area contributed by atoms with Crippen molar-refractivity contribution in [3.05, 3.63) is 35.4 Å². The van der Waals surface area contributed by atoms with Gasteiger partial charge in [0, 0.05) is 6.54 Å². The highest BCUT2D eigenvalue weighted by molar-refractivity contribution is 5.35. The maximum atomic E-state index is 2.62. The first kappa shape index (κ1) is 9.41. The average Bonchev–Trinajstić information content (AvgIpc) is 2.26. The summed E-state index contributed by atoms with van der Waals surface area (Å²) in [6.45, 7) is 6.30. The van der Waals surface area contributed by atoms with Crippen LogP contribution in [0.25, 0.3) is 0 Å². The summed E-state index contributed by atoms with van der Waals surface area (Å²) in [7, 11) is 0. The van der Waals surface area contributed by atoms with Gasteiger partial charge in [-0.2, -0.15) is 0 Å². The van der Waals surface area contributed by atoms with Gasteiger partial charge in [0.2, 0.25) is 0 Å². The molecule has 0 atom stereocenters. The maximum Gasteiger partial charge on any atom is 0.00219 e. The number of benzene rings is 1. The molecule has 3 aliphatic rings. The van der Waals surface area contributed by atoms with E-state index in [2.05, 4.69) is 36.1 Å². The number of rotatable bonds is 0. The minimum Gasteiger partial charge on any atom is -0.303 e. The number of nitrogens with zero attached hydrogens (tertiary/aromatic N) is 1. The van der Waals surface area contributed by atoms with Gasteiger partial charge in [0.25, 0.3) is 0 Å². The zero-order valence-corrected chi connectivity index (χ0v) is 9.50. The second-order valence-corrected chi connectivity index (χ2v) is 5.31. The summed E-state index contributed by atoms with van der Waals surface area (Å²) in [6.07, 6.45) is 3.92. The molecule has 1 nitrogen and oxygen atoms in total. The molecule has 0 spiro atoms. The van der Waals surface area contributed by atoms with Gasteiger partial charge in [0.1, 0.15) is 0 Å². The number of fused-ring (bicyclic) bond motifs is 3. The van der Waals surface area contributed by atoms with Crippen LogP contribution in [-0.4, -0.2) is 24.5 Å². The lowest BCUT2D eigenvalue weighted by molar-refractivity contribution is 0.161. The van der Waals surface area contributed by atoms with Crippen LogP contribution in [0.5, 0.6) is 0 Å². The fourth-order valence-corrected chi connectivity index (χ4v) is 3.15. The normalized spacial score (nSPS) is 34.3. The molecule has 80 valence electrons. The van der Waals surface area contributed by atoms with Gasteiger partial charge < -0.3 is 4.90 Å².